The van der Waals surface area contributed by atoms with Crippen LogP contribution in [0.15, 0.2) is 30.3 Å². The van der Waals surface area contributed by atoms with Crippen molar-refractivity contribution >= 4 is 34.3 Å². The van der Waals surface area contributed by atoms with Gasteiger partial charge in [-0.25, -0.2) is 4.79 Å². The van der Waals surface area contributed by atoms with Gasteiger partial charge in [-0.3, -0.25) is 4.79 Å². The highest BCUT2D eigenvalue weighted by molar-refractivity contribution is 7.17. The van der Waals surface area contributed by atoms with Crippen LogP contribution in [-0.2, 0) is 22.4 Å². The molecule has 0 saturated heterocycles. The first kappa shape index (κ1) is 21.3. The minimum absolute atomic E-state index is 0.235. The third-order valence-electron chi connectivity index (χ3n) is 5.08. The summed E-state index contributed by atoms with van der Waals surface area (Å²) < 4.78 is 5.38. The summed E-state index contributed by atoms with van der Waals surface area (Å²) in [6.07, 6.45) is 8.11. The van der Waals surface area contributed by atoms with E-state index in [1.165, 1.54) is 27.9 Å². The van der Waals surface area contributed by atoms with Crippen molar-refractivity contribution in [3.8, 4) is 0 Å². The van der Waals surface area contributed by atoms with Gasteiger partial charge in [-0.15, -0.1) is 11.3 Å². The van der Waals surface area contributed by atoms with Crippen molar-refractivity contribution in [1.29, 1.82) is 0 Å². The number of fused-ring (bicyclic) bond motifs is 1. The van der Waals surface area contributed by atoms with Crippen LogP contribution in [0.1, 0.15) is 77.9 Å². The number of benzene rings is 1. The summed E-state index contributed by atoms with van der Waals surface area (Å²) in [6.45, 7) is 6.67. The van der Waals surface area contributed by atoms with Gasteiger partial charge in [-0.2, -0.15) is 0 Å². The molecule has 0 unspecified atom stereocenters. The number of amides is 1. The molecule has 1 amide bonds. The van der Waals surface area contributed by atoms with Crippen LogP contribution in [0.25, 0.3) is 6.08 Å². The van der Waals surface area contributed by atoms with Crippen molar-refractivity contribution in [1.82, 2.24) is 0 Å². The molecule has 1 N–H and O–H groups in total. The first-order valence-corrected chi connectivity index (χ1v) is 11.2. The van der Waals surface area contributed by atoms with Crippen molar-refractivity contribution < 1.29 is 14.3 Å². The molecule has 0 atom stereocenters. The van der Waals surface area contributed by atoms with E-state index in [4.69, 9.17) is 4.74 Å². The number of nitrogens with one attached hydrogen (secondary N) is 1. The van der Waals surface area contributed by atoms with E-state index in [-0.39, 0.29) is 11.9 Å². The van der Waals surface area contributed by atoms with E-state index < -0.39 is 0 Å². The highest BCUT2D eigenvalue weighted by Gasteiger charge is 2.27. The van der Waals surface area contributed by atoms with Crippen LogP contribution in [-0.4, -0.2) is 18.5 Å². The SMILES string of the molecule is CCCOC(=O)c1c(NC(=O)C=Cc2ccc(C(C)C)cc2)sc2c1CCCC2. The summed E-state index contributed by atoms with van der Waals surface area (Å²) in [7, 11) is 0. The maximum Gasteiger partial charge on any atom is 0.341 e. The Morgan fingerprint density at radius 1 is 1.17 bits per heavy atom. The summed E-state index contributed by atoms with van der Waals surface area (Å²) >= 11 is 1.51. The van der Waals surface area contributed by atoms with Gasteiger partial charge in [0.2, 0.25) is 5.91 Å². The lowest BCUT2D eigenvalue weighted by atomic mass is 9.95. The predicted octanol–water partition coefficient (Wildman–Crippen LogP) is 5.97. The topological polar surface area (TPSA) is 55.4 Å². The highest BCUT2D eigenvalue weighted by Crippen LogP contribution is 2.38. The molecule has 1 heterocycles. The van der Waals surface area contributed by atoms with Crippen molar-refractivity contribution in [3.63, 3.8) is 0 Å². The van der Waals surface area contributed by atoms with Crippen molar-refractivity contribution in [2.24, 2.45) is 0 Å². The zero-order valence-electron chi connectivity index (χ0n) is 17.4. The monoisotopic (exact) mass is 411 g/mol. The maximum absolute atomic E-state index is 12.6. The Labute approximate surface area is 177 Å². The number of esters is 1. The molecule has 4 nitrogen and oxygen atoms in total. The van der Waals surface area contributed by atoms with Crippen molar-refractivity contribution in [2.45, 2.75) is 58.8 Å². The van der Waals surface area contributed by atoms with Crippen LogP contribution >= 0.6 is 11.3 Å². The number of ether oxygens (including phenoxy) is 1. The number of aryl methyl sites for hydroxylation is 1. The second kappa shape index (κ2) is 9.88. The molecule has 3 rings (SSSR count). The summed E-state index contributed by atoms with van der Waals surface area (Å²) in [5.41, 5.74) is 3.86. The van der Waals surface area contributed by atoms with Gasteiger partial charge in [0, 0.05) is 11.0 Å². The van der Waals surface area contributed by atoms with Crippen LogP contribution in [0.2, 0.25) is 0 Å². The number of rotatable bonds is 7. The van der Waals surface area contributed by atoms with Gasteiger partial charge < -0.3 is 10.1 Å². The molecule has 1 aliphatic rings. The van der Waals surface area contributed by atoms with E-state index in [0.717, 1.165) is 43.2 Å². The van der Waals surface area contributed by atoms with Gasteiger partial charge >= 0.3 is 5.97 Å². The van der Waals surface area contributed by atoms with Gasteiger partial charge in [0.15, 0.2) is 0 Å². The zero-order chi connectivity index (χ0) is 20.8. The van der Waals surface area contributed by atoms with Gasteiger partial charge in [0.1, 0.15) is 5.00 Å². The molecule has 0 saturated carbocycles. The Morgan fingerprint density at radius 3 is 2.59 bits per heavy atom. The molecule has 2 aromatic rings. The lowest BCUT2D eigenvalue weighted by Gasteiger charge is -2.12. The molecule has 1 aliphatic carbocycles. The molecule has 0 radical (unpaired) electrons. The lowest BCUT2D eigenvalue weighted by Crippen LogP contribution is -2.14. The molecule has 5 heteroatoms. The first-order chi connectivity index (χ1) is 14.0. The Morgan fingerprint density at radius 2 is 1.90 bits per heavy atom. The molecular formula is C24H29NO3S. The number of thiophene rings is 1. The molecule has 0 aliphatic heterocycles. The lowest BCUT2D eigenvalue weighted by molar-refractivity contribution is -0.111. The van der Waals surface area contributed by atoms with E-state index in [1.807, 2.05) is 19.1 Å². The molecule has 29 heavy (non-hydrogen) atoms. The minimum atomic E-state index is -0.324. The third-order valence-corrected chi connectivity index (χ3v) is 6.29. The Bertz CT molecular complexity index is 894. The first-order valence-electron chi connectivity index (χ1n) is 10.4. The zero-order valence-corrected chi connectivity index (χ0v) is 18.2. The fraction of sp³-hybridized carbons (Fsp3) is 0.417. The Balaban J connectivity index is 1.75. The second-order valence-corrected chi connectivity index (χ2v) is 8.80. The normalized spacial score (nSPS) is 13.5. The summed E-state index contributed by atoms with van der Waals surface area (Å²) in [5.74, 6) is -0.0806. The van der Waals surface area contributed by atoms with Crippen LogP contribution in [0.4, 0.5) is 5.00 Å². The van der Waals surface area contributed by atoms with Gasteiger partial charge in [-0.1, -0.05) is 45.0 Å². The standard InChI is InChI=1S/C24H29NO3S/c1-4-15-28-24(27)22-19-7-5-6-8-20(19)29-23(22)25-21(26)14-11-17-9-12-18(13-10-17)16(2)3/h9-14,16H,4-8,15H2,1-3H3,(H,25,26). The fourth-order valence-electron chi connectivity index (χ4n) is 3.45. The summed E-state index contributed by atoms with van der Waals surface area (Å²) in [5, 5.41) is 3.53. The maximum atomic E-state index is 12.6. The number of hydrogen-bond donors (Lipinski definition) is 1. The quantitative estimate of drug-likeness (QED) is 0.451. The molecule has 154 valence electrons. The van der Waals surface area contributed by atoms with Crippen LogP contribution in [0.3, 0.4) is 0 Å². The van der Waals surface area contributed by atoms with Crippen molar-refractivity contribution in [2.75, 3.05) is 11.9 Å². The second-order valence-electron chi connectivity index (χ2n) is 7.69. The number of hydrogen-bond acceptors (Lipinski definition) is 4. The molecule has 1 aromatic heterocycles. The van der Waals surface area contributed by atoms with Gasteiger partial charge in [0.05, 0.1) is 12.2 Å². The van der Waals surface area contributed by atoms with Crippen LogP contribution in [0, 0.1) is 0 Å². The number of carbonyl (C=O) groups excluding carboxylic acids is 2. The molecule has 1 aromatic carbocycles. The molecule has 0 spiro atoms. The van der Waals surface area contributed by atoms with Gasteiger partial charge in [0.25, 0.3) is 0 Å². The largest absolute Gasteiger partial charge is 0.462 e. The average Bonchev–Trinajstić information content (AvgIpc) is 3.08. The van der Waals surface area contributed by atoms with E-state index in [2.05, 4.69) is 31.3 Å². The van der Waals surface area contributed by atoms with Crippen LogP contribution in [0.5, 0.6) is 0 Å². The van der Waals surface area contributed by atoms with E-state index >= 15 is 0 Å². The minimum Gasteiger partial charge on any atom is -0.462 e. The average molecular weight is 412 g/mol. The van der Waals surface area contributed by atoms with Crippen molar-refractivity contribution in [3.05, 3.63) is 57.5 Å². The third kappa shape index (κ3) is 5.36. The summed E-state index contributed by atoms with van der Waals surface area (Å²) in [4.78, 5) is 26.3. The van der Waals surface area contributed by atoms with Gasteiger partial charge in [-0.05, 0) is 60.8 Å². The smallest absolute Gasteiger partial charge is 0.341 e. The van der Waals surface area contributed by atoms with E-state index in [1.54, 1.807) is 6.08 Å². The summed E-state index contributed by atoms with van der Waals surface area (Å²) in [6, 6.07) is 8.18. The molecule has 0 bridgehead atoms. The van der Waals surface area contributed by atoms with E-state index in [0.29, 0.717) is 23.1 Å². The van der Waals surface area contributed by atoms with Crippen LogP contribution < -0.4 is 5.32 Å². The fourth-order valence-corrected chi connectivity index (χ4v) is 4.73. The molecular weight excluding hydrogens is 382 g/mol. The molecule has 0 fully saturated rings. The van der Waals surface area contributed by atoms with E-state index in [9.17, 15) is 9.59 Å². The highest BCUT2D eigenvalue weighted by atomic mass is 32.1. The predicted molar refractivity (Wildman–Crippen MR) is 120 cm³/mol. The number of carbonyl (C=O) groups is 2. The Hall–Kier alpha value is -2.40. The number of anilines is 1. The Kier molecular flexibility index (Phi) is 7.26.